The zero-order valence-corrected chi connectivity index (χ0v) is 52.6. The zero-order valence-electron chi connectivity index (χ0n) is 50.8. The van der Waals surface area contributed by atoms with Crippen molar-refractivity contribution in [2.24, 2.45) is 17.8 Å². The highest BCUT2D eigenvalue weighted by atomic mass is 31.2. The summed E-state index contributed by atoms with van der Waals surface area (Å²) in [6.45, 7) is 11.6. The van der Waals surface area contributed by atoms with Crippen molar-refractivity contribution in [3.05, 3.63) is 0 Å². The summed E-state index contributed by atoms with van der Waals surface area (Å²) >= 11 is 0. The second-order valence-corrected chi connectivity index (χ2v) is 26.1. The first kappa shape index (κ1) is 77.1. The number of ether oxygens (including phenoxy) is 4. The van der Waals surface area contributed by atoms with Crippen LogP contribution in [0.15, 0.2) is 0 Å². The smallest absolute Gasteiger partial charge is 0.462 e. The maximum absolute atomic E-state index is 12.9. The van der Waals surface area contributed by atoms with E-state index in [1.807, 2.05) is 0 Å². The lowest BCUT2D eigenvalue weighted by Crippen LogP contribution is -2.30. The van der Waals surface area contributed by atoms with Gasteiger partial charge in [-0.1, -0.05) is 235 Å². The fraction of sp³-hybridized carbons (Fsp3) is 0.933. The first-order chi connectivity index (χ1) is 37.7. The van der Waals surface area contributed by atoms with Crippen LogP contribution in [0.4, 0.5) is 0 Å². The third-order valence-electron chi connectivity index (χ3n) is 13.6. The molecule has 0 aromatic heterocycles. The van der Waals surface area contributed by atoms with Gasteiger partial charge in [-0.05, 0) is 43.4 Å². The van der Waals surface area contributed by atoms with Crippen molar-refractivity contribution in [3.8, 4) is 0 Å². The van der Waals surface area contributed by atoms with Gasteiger partial charge >= 0.3 is 39.5 Å². The molecule has 0 bridgehead atoms. The van der Waals surface area contributed by atoms with Crippen LogP contribution in [0.3, 0.4) is 0 Å². The highest BCUT2D eigenvalue weighted by Gasteiger charge is 2.30. The van der Waals surface area contributed by atoms with Crippen LogP contribution in [-0.2, 0) is 65.4 Å². The van der Waals surface area contributed by atoms with Gasteiger partial charge in [-0.2, -0.15) is 0 Å². The van der Waals surface area contributed by atoms with Gasteiger partial charge in [0, 0.05) is 25.7 Å². The first-order valence-electron chi connectivity index (χ1n) is 31.3. The van der Waals surface area contributed by atoms with Crippen molar-refractivity contribution in [2.75, 3.05) is 39.6 Å². The predicted molar refractivity (Wildman–Crippen MR) is 312 cm³/mol. The van der Waals surface area contributed by atoms with Gasteiger partial charge < -0.3 is 33.8 Å². The monoisotopic (exact) mass is 1170 g/mol. The fourth-order valence-electron chi connectivity index (χ4n) is 8.77. The Kier molecular flexibility index (Phi) is 50.4. The molecule has 0 heterocycles. The maximum atomic E-state index is 12.9. The Hall–Kier alpha value is -1.94. The lowest BCUT2D eigenvalue weighted by molar-refractivity contribution is -0.161. The van der Waals surface area contributed by atoms with E-state index in [0.29, 0.717) is 37.5 Å². The molecule has 0 aromatic rings. The molecule has 0 aromatic carbocycles. The van der Waals surface area contributed by atoms with Crippen molar-refractivity contribution in [3.63, 3.8) is 0 Å². The Bertz CT molecular complexity index is 1580. The number of aliphatic hydroxyl groups is 1. The van der Waals surface area contributed by atoms with E-state index < -0.39 is 97.5 Å². The van der Waals surface area contributed by atoms with E-state index in [1.54, 1.807) is 0 Å². The van der Waals surface area contributed by atoms with Crippen LogP contribution in [-0.4, -0.2) is 96.7 Å². The van der Waals surface area contributed by atoms with Crippen molar-refractivity contribution in [1.82, 2.24) is 0 Å². The average Bonchev–Trinajstić information content (AvgIpc) is 3.39. The van der Waals surface area contributed by atoms with Crippen LogP contribution in [0, 0.1) is 17.8 Å². The van der Waals surface area contributed by atoms with Gasteiger partial charge in [-0.15, -0.1) is 0 Å². The number of rotatable bonds is 58. The topological polar surface area (TPSA) is 237 Å². The summed E-state index contributed by atoms with van der Waals surface area (Å²) in [4.78, 5) is 71.9. The Morgan fingerprint density at radius 1 is 0.342 bits per heavy atom. The number of carbonyl (C=O) groups excluding carboxylic acids is 4. The van der Waals surface area contributed by atoms with Crippen molar-refractivity contribution >= 4 is 39.5 Å². The molecule has 468 valence electrons. The standard InChI is InChI=1S/C60H116O17P2/c1-8-9-10-11-12-20-27-34-41-57(62)70-47-56(77-60(65)44-37-30-23-16-19-26-33-40-53(6)7)50-75-79(68,69)73-46-54(61)45-72-78(66,67)74-49-55(48-71-58(63)42-35-28-22-15-18-25-32-39-52(4)5)76-59(64)43-36-29-21-14-13-17-24-31-38-51(2)3/h51-56,61H,8-50H2,1-7H3,(H,66,67)(H,68,69)/t54-,55-,56-/m1/s1. The summed E-state index contributed by atoms with van der Waals surface area (Å²) in [6, 6.07) is 0. The third-order valence-corrected chi connectivity index (χ3v) is 15.5. The Labute approximate surface area is 479 Å². The van der Waals surface area contributed by atoms with Crippen molar-refractivity contribution in [2.45, 2.75) is 304 Å². The molecular formula is C60H116O17P2. The predicted octanol–water partition coefficient (Wildman–Crippen LogP) is 15.9. The summed E-state index contributed by atoms with van der Waals surface area (Å²) in [5.74, 6) is -0.0285. The molecule has 0 amide bonds. The summed E-state index contributed by atoms with van der Waals surface area (Å²) in [7, 11) is -9.88. The highest BCUT2D eigenvalue weighted by molar-refractivity contribution is 7.47. The molecule has 0 radical (unpaired) electrons. The van der Waals surface area contributed by atoms with Crippen molar-refractivity contribution in [1.29, 1.82) is 0 Å². The lowest BCUT2D eigenvalue weighted by atomic mass is 10.0. The normalized spacial score (nSPS) is 14.5. The molecule has 0 aliphatic carbocycles. The van der Waals surface area contributed by atoms with Crippen LogP contribution in [0.2, 0.25) is 0 Å². The van der Waals surface area contributed by atoms with Gasteiger partial charge in [-0.3, -0.25) is 37.3 Å². The van der Waals surface area contributed by atoms with E-state index >= 15 is 0 Å². The second-order valence-electron chi connectivity index (χ2n) is 23.2. The van der Waals surface area contributed by atoms with E-state index in [-0.39, 0.29) is 25.7 Å². The Balaban J connectivity index is 5.24. The molecule has 0 fully saturated rings. The highest BCUT2D eigenvalue weighted by Crippen LogP contribution is 2.45. The molecule has 19 heteroatoms. The van der Waals surface area contributed by atoms with E-state index in [1.165, 1.54) is 83.5 Å². The molecule has 79 heavy (non-hydrogen) atoms. The molecule has 0 saturated carbocycles. The van der Waals surface area contributed by atoms with Crippen LogP contribution in [0.25, 0.3) is 0 Å². The molecule has 0 aliphatic heterocycles. The van der Waals surface area contributed by atoms with Gasteiger partial charge in [0.1, 0.15) is 19.3 Å². The number of carbonyl (C=O) groups is 4. The first-order valence-corrected chi connectivity index (χ1v) is 34.3. The molecular weight excluding hydrogens is 1050 g/mol. The molecule has 0 spiro atoms. The van der Waals surface area contributed by atoms with Gasteiger partial charge in [0.2, 0.25) is 0 Å². The number of hydrogen-bond donors (Lipinski definition) is 3. The maximum Gasteiger partial charge on any atom is 0.472 e. The van der Waals surface area contributed by atoms with E-state index in [0.717, 1.165) is 109 Å². The van der Waals surface area contributed by atoms with E-state index in [2.05, 4.69) is 48.5 Å². The minimum Gasteiger partial charge on any atom is -0.462 e. The van der Waals surface area contributed by atoms with Crippen LogP contribution < -0.4 is 0 Å². The lowest BCUT2D eigenvalue weighted by Gasteiger charge is -2.21. The minimum absolute atomic E-state index is 0.103. The SMILES string of the molecule is CCCCCCCCCCC(=O)OC[C@H](COP(=O)(O)OC[C@H](O)COP(=O)(O)OC[C@@H](COC(=O)CCCCCCCCCC(C)C)OC(=O)CCCCCCCCCCC(C)C)OC(=O)CCCCCCCCCC(C)C. The summed E-state index contributed by atoms with van der Waals surface area (Å²) in [6.07, 6.45) is 31.0. The van der Waals surface area contributed by atoms with E-state index in [4.69, 9.17) is 37.0 Å². The zero-order chi connectivity index (χ0) is 58.8. The van der Waals surface area contributed by atoms with E-state index in [9.17, 15) is 43.2 Å². The molecule has 0 rings (SSSR count). The molecule has 3 N–H and O–H groups in total. The third kappa shape index (κ3) is 55.0. The number of hydrogen-bond acceptors (Lipinski definition) is 15. The average molecular weight is 1170 g/mol. The number of phosphoric acid groups is 2. The molecule has 0 aliphatic rings. The fourth-order valence-corrected chi connectivity index (χ4v) is 10.4. The Morgan fingerprint density at radius 3 is 0.861 bits per heavy atom. The van der Waals surface area contributed by atoms with Crippen molar-refractivity contribution < 1.29 is 80.2 Å². The minimum atomic E-state index is -4.94. The summed E-state index contributed by atoms with van der Waals surface area (Å²) in [5.41, 5.74) is 0. The van der Waals surface area contributed by atoms with Crippen LogP contribution in [0.1, 0.15) is 286 Å². The number of unbranched alkanes of at least 4 members (excludes halogenated alkanes) is 26. The molecule has 5 atom stereocenters. The quantitative estimate of drug-likeness (QED) is 0.0222. The summed E-state index contributed by atoms with van der Waals surface area (Å²) in [5, 5.41) is 10.5. The van der Waals surface area contributed by atoms with Crippen LogP contribution in [0.5, 0.6) is 0 Å². The molecule has 0 saturated heterocycles. The second kappa shape index (κ2) is 51.7. The number of esters is 4. The molecule has 17 nitrogen and oxygen atoms in total. The van der Waals surface area contributed by atoms with Gasteiger partial charge in [-0.25, -0.2) is 9.13 Å². The Morgan fingerprint density at radius 2 is 0.582 bits per heavy atom. The van der Waals surface area contributed by atoms with Gasteiger partial charge in [0.05, 0.1) is 26.4 Å². The molecule has 2 unspecified atom stereocenters. The van der Waals surface area contributed by atoms with Crippen LogP contribution >= 0.6 is 15.6 Å². The number of phosphoric ester groups is 2. The number of aliphatic hydroxyl groups excluding tert-OH is 1. The van der Waals surface area contributed by atoms with Gasteiger partial charge in [0.15, 0.2) is 12.2 Å². The largest absolute Gasteiger partial charge is 0.472 e. The summed E-state index contributed by atoms with van der Waals surface area (Å²) < 4.78 is 67.7. The van der Waals surface area contributed by atoms with Gasteiger partial charge in [0.25, 0.3) is 0 Å².